The molecule has 0 aromatic heterocycles. The Kier molecular flexibility index (Phi) is 5.91. The van der Waals surface area contributed by atoms with Gasteiger partial charge in [0.25, 0.3) is 0 Å². The third kappa shape index (κ3) is 5.03. The molecule has 1 amide bonds. The van der Waals surface area contributed by atoms with Crippen LogP contribution in [0.4, 0.5) is 0 Å². The van der Waals surface area contributed by atoms with Gasteiger partial charge in [-0.2, -0.15) is 12.6 Å². The highest BCUT2D eigenvalue weighted by atomic mass is 32.1. The first-order valence-electron chi connectivity index (χ1n) is 5.79. The maximum absolute atomic E-state index is 11.5. The number of carbonyl (C=O) groups excluding carboxylic acids is 1. The van der Waals surface area contributed by atoms with E-state index in [1.807, 2.05) is 6.08 Å². The summed E-state index contributed by atoms with van der Waals surface area (Å²) >= 11 is 4.27. The molecule has 0 bridgehead atoms. The second-order valence-corrected chi connectivity index (χ2v) is 4.69. The van der Waals surface area contributed by atoms with Crippen molar-refractivity contribution in [3.8, 4) is 0 Å². The fraction of sp³-hybridized carbons (Fsp3) is 0.750. The molecule has 0 aliphatic heterocycles. The molecule has 3 nitrogen and oxygen atoms in total. The van der Waals surface area contributed by atoms with Crippen LogP contribution in [-0.2, 0) is 9.53 Å². The average molecular weight is 243 g/mol. The average Bonchev–Trinajstić information content (AvgIpc) is 3.04. The van der Waals surface area contributed by atoms with Gasteiger partial charge in [0.2, 0.25) is 5.91 Å². The molecule has 4 heteroatoms. The first kappa shape index (κ1) is 13.6. The molecule has 16 heavy (non-hydrogen) atoms. The van der Waals surface area contributed by atoms with E-state index in [1.165, 1.54) is 0 Å². The lowest BCUT2D eigenvalue weighted by atomic mass is 10.1. The highest BCUT2D eigenvalue weighted by Gasteiger charge is 2.42. The number of rotatable bonds is 9. The van der Waals surface area contributed by atoms with Crippen LogP contribution in [0.3, 0.4) is 0 Å². The van der Waals surface area contributed by atoms with Crippen LogP contribution in [0.15, 0.2) is 12.7 Å². The van der Waals surface area contributed by atoms with Crippen LogP contribution in [0.5, 0.6) is 0 Å². The lowest BCUT2D eigenvalue weighted by Gasteiger charge is -2.11. The van der Waals surface area contributed by atoms with E-state index in [9.17, 15) is 4.79 Å². The van der Waals surface area contributed by atoms with Crippen LogP contribution in [0.2, 0.25) is 0 Å². The third-order valence-corrected chi connectivity index (χ3v) is 3.53. The van der Waals surface area contributed by atoms with E-state index >= 15 is 0 Å². The zero-order chi connectivity index (χ0) is 11.9. The van der Waals surface area contributed by atoms with Crippen LogP contribution in [0.1, 0.15) is 25.7 Å². The first-order chi connectivity index (χ1) is 7.72. The molecule has 0 spiro atoms. The van der Waals surface area contributed by atoms with E-state index in [-0.39, 0.29) is 11.3 Å². The van der Waals surface area contributed by atoms with Gasteiger partial charge in [-0.1, -0.05) is 6.08 Å². The summed E-state index contributed by atoms with van der Waals surface area (Å²) in [4.78, 5) is 11.5. The topological polar surface area (TPSA) is 38.3 Å². The van der Waals surface area contributed by atoms with Crippen LogP contribution in [0.25, 0.3) is 0 Å². The van der Waals surface area contributed by atoms with Gasteiger partial charge in [-0.05, 0) is 30.4 Å². The molecule has 1 saturated carbocycles. The number of thiol groups is 1. The van der Waals surface area contributed by atoms with E-state index in [0.717, 1.165) is 25.0 Å². The Morgan fingerprint density at radius 2 is 2.25 bits per heavy atom. The Labute approximate surface area is 103 Å². The maximum atomic E-state index is 11.5. The molecule has 1 fully saturated rings. The number of ether oxygens (including phenoxy) is 1. The Morgan fingerprint density at radius 3 is 2.81 bits per heavy atom. The molecule has 1 aliphatic rings. The van der Waals surface area contributed by atoms with Crippen molar-refractivity contribution in [1.29, 1.82) is 0 Å². The zero-order valence-corrected chi connectivity index (χ0v) is 10.6. The smallest absolute Gasteiger partial charge is 0.220 e. The summed E-state index contributed by atoms with van der Waals surface area (Å²) in [5.74, 6) is 0.940. The van der Waals surface area contributed by atoms with Gasteiger partial charge in [-0.25, -0.2) is 0 Å². The molecule has 0 unspecified atom stereocenters. The molecule has 0 aromatic carbocycles. The van der Waals surface area contributed by atoms with Crippen molar-refractivity contribution in [2.24, 2.45) is 5.41 Å². The molecule has 1 N–H and O–H groups in total. The Morgan fingerprint density at radius 1 is 1.50 bits per heavy atom. The van der Waals surface area contributed by atoms with Gasteiger partial charge in [-0.15, -0.1) is 6.58 Å². The van der Waals surface area contributed by atoms with E-state index in [0.29, 0.717) is 26.2 Å². The van der Waals surface area contributed by atoms with Gasteiger partial charge in [0.05, 0.1) is 13.2 Å². The monoisotopic (exact) mass is 243 g/mol. The summed E-state index contributed by atoms with van der Waals surface area (Å²) < 4.78 is 5.30. The lowest BCUT2D eigenvalue weighted by Crippen LogP contribution is -2.29. The molecule has 1 aliphatic carbocycles. The van der Waals surface area contributed by atoms with Crippen LogP contribution < -0.4 is 5.32 Å². The van der Waals surface area contributed by atoms with E-state index < -0.39 is 0 Å². The van der Waals surface area contributed by atoms with E-state index in [1.54, 1.807) is 0 Å². The van der Waals surface area contributed by atoms with Crippen LogP contribution in [-0.4, -0.2) is 31.4 Å². The molecule has 0 heterocycles. The predicted octanol–water partition coefficient (Wildman–Crippen LogP) is 1.80. The first-order valence-corrected chi connectivity index (χ1v) is 6.42. The second-order valence-electron chi connectivity index (χ2n) is 4.37. The second kappa shape index (κ2) is 6.97. The van der Waals surface area contributed by atoms with Gasteiger partial charge in [0, 0.05) is 13.0 Å². The summed E-state index contributed by atoms with van der Waals surface area (Å²) in [7, 11) is 0. The summed E-state index contributed by atoms with van der Waals surface area (Å²) in [5.41, 5.74) is 0.205. The van der Waals surface area contributed by atoms with Crippen molar-refractivity contribution in [3.05, 3.63) is 12.7 Å². The highest BCUT2D eigenvalue weighted by molar-refractivity contribution is 7.80. The molecule has 0 atom stereocenters. The van der Waals surface area contributed by atoms with E-state index in [2.05, 4.69) is 24.5 Å². The number of nitrogens with one attached hydrogen (secondary N) is 1. The summed E-state index contributed by atoms with van der Waals surface area (Å²) in [5, 5.41) is 2.87. The highest BCUT2D eigenvalue weighted by Crippen LogP contribution is 2.49. The quantitative estimate of drug-likeness (QED) is 0.368. The van der Waals surface area contributed by atoms with Crippen LogP contribution >= 0.6 is 12.6 Å². The maximum Gasteiger partial charge on any atom is 0.220 e. The molecule has 0 aromatic rings. The summed E-state index contributed by atoms with van der Waals surface area (Å²) in [6.07, 6.45) is 5.57. The van der Waals surface area contributed by atoms with Gasteiger partial charge in [-0.3, -0.25) is 4.79 Å². The Balaban J connectivity index is 1.96. The van der Waals surface area contributed by atoms with Crippen molar-refractivity contribution in [2.45, 2.75) is 25.7 Å². The standard InChI is InChI=1S/C12H21NO2S/c1-2-3-7-15-8-6-13-11(14)9-12(10-16)4-5-12/h2,16H,1,3-10H2,(H,13,14). The lowest BCUT2D eigenvalue weighted by molar-refractivity contribution is -0.122. The van der Waals surface area contributed by atoms with Gasteiger partial charge < -0.3 is 10.1 Å². The zero-order valence-electron chi connectivity index (χ0n) is 9.71. The Hall–Kier alpha value is -0.480. The van der Waals surface area contributed by atoms with Crippen molar-refractivity contribution in [3.63, 3.8) is 0 Å². The van der Waals surface area contributed by atoms with Gasteiger partial charge in [0.1, 0.15) is 0 Å². The molecule has 0 radical (unpaired) electrons. The van der Waals surface area contributed by atoms with Crippen molar-refractivity contribution in [2.75, 3.05) is 25.5 Å². The van der Waals surface area contributed by atoms with Gasteiger partial charge in [0.15, 0.2) is 0 Å². The van der Waals surface area contributed by atoms with Crippen molar-refractivity contribution < 1.29 is 9.53 Å². The minimum Gasteiger partial charge on any atom is -0.379 e. The van der Waals surface area contributed by atoms with E-state index in [4.69, 9.17) is 4.74 Å². The molecule has 92 valence electrons. The summed E-state index contributed by atoms with van der Waals surface area (Å²) in [6.45, 7) is 5.46. The molecule has 0 saturated heterocycles. The SMILES string of the molecule is C=CCCOCCNC(=O)CC1(CS)CC1. The number of hydrogen-bond donors (Lipinski definition) is 2. The van der Waals surface area contributed by atoms with Crippen molar-refractivity contribution >= 4 is 18.5 Å². The fourth-order valence-electron chi connectivity index (χ4n) is 1.50. The van der Waals surface area contributed by atoms with Crippen LogP contribution in [0, 0.1) is 5.41 Å². The van der Waals surface area contributed by atoms with Gasteiger partial charge >= 0.3 is 0 Å². The number of amides is 1. The minimum atomic E-state index is 0.124. The molecular weight excluding hydrogens is 222 g/mol. The fourth-order valence-corrected chi connectivity index (χ4v) is 1.93. The largest absolute Gasteiger partial charge is 0.379 e. The third-order valence-electron chi connectivity index (χ3n) is 2.86. The summed E-state index contributed by atoms with van der Waals surface area (Å²) in [6, 6.07) is 0. The Bertz CT molecular complexity index is 239. The number of hydrogen-bond acceptors (Lipinski definition) is 3. The normalized spacial score (nSPS) is 16.8. The number of carbonyl (C=O) groups is 1. The molecular formula is C12H21NO2S. The predicted molar refractivity (Wildman–Crippen MR) is 68.8 cm³/mol. The van der Waals surface area contributed by atoms with Crippen molar-refractivity contribution in [1.82, 2.24) is 5.32 Å². The minimum absolute atomic E-state index is 0.124. The molecule has 1 rings (SSSR count).